The molecule has 2 rings (SSSR count). The van der Waals surface area contributed by atoms with E-state index >= 15 is 0 Å². The number of amides is 2. The second kappa shape index (κ2) is 5.11. The van der Waals surface area contributed by atoms with Gasteiger partial charge in [0.15, 0.2) is 17.5 Å². The van der Waals surface area contributed by atoms with Crippen molar-refractivity contribution < 1.29 is 19.0 Å². The SMILES string of the molecule is COc1c(NC(=O)NC(=N)N)c(Cl)cc2c1OCO2. The number of guanidine groups is 1. The van der Waals surface area contributed by atoms with Crippen LogP contribution in [0.15, 0.2) is 6.07 Å². The monoisotopic (exact) mass is 286 g/mol. The summed E-state index contributed by atoms with van der Waals surface area (Å²) in [4.78, 5) is 11.5. The normalized spacial score (nSPS) is 11.9. The fourth-order valence-electron chi connectivity index (χ4n) is 1.56. The van der Waals surface area contributed by atoms with Gasteiger partial charge in [0.1, 0.15) is 5.69 Å². The predicted octanol–water partition coefficient (Wildman–Crippen LogP) is 1.09. The van der Waals surface area contributed by atoms with Gasteiger partial charge in [-0.05, 0) is 0 Å². The minimum absolute atomic E-state index is 0.0467. The standard InChI is InChI=1S/C10H11ClN4O4/c1-17-8-6(14-10(16)15-9(12)13)4(11)2-5-7(8)19-3-18-5/h2H,3H2,1H3,(H5,12,13,14,15,16). The van der Waals surface area contributed by atoms with Crippen LogP contribution in [0, 0.1) is 5.41 Å². The summed E-state index contributed by atoms with van der Waals surface area (Å²) in [6.07, 6.45) is 0. The first kappa shape index (κ1) is 13.1. The highest BCUT2D eigenvalue weighted by atomic mass is 35.5. The molecule has 1 aliphatic rings. The lowest BCUT2D eigenvalue weighted by Crippen LogP contribution is -2.38. The minimum Gasteiger partial charge on any atom is -0.491 e. The smallest absolute Gasteiger partial charge is 0.326 e. The Balaban J connectivity index is 2.34. The second-order valence-electron chi connectivity index (χ2n) is 3.49. The molecule has 1 aromatic carbocycles. The highest BCUT2D eigenvalue weighted by Gasteiger charge is 2.25. The molecule has 0 atom stereocenters. The Kier molecular flexibility index (Phi) is 3.52. The Hall–Kier alpha value is -2.35. The molecule has 5 N–H and O–H groups in total. The zero-order valence-corrected chi connectivity index (χ0v) is 10.6. The Morgan fingerprint density at radius 2 is 2.32 bits per heavy atom. The van der Waals surface area contributed by atoms with E-state index < -0.39 is 12.0 Å². The van der Waals surface area contributed by atoms with Crippen LogP contribution in [0.1, 0.15) is 0 Å². The van der Waals surface area contributed by atoms with E-state index in [9.17, 15) is 4.79 Å². The van der Waals surface area contributed by atoms with Crippen molar-refractivity contribution in [2.45, 2.75) is 0 Å². The van der Waals surface area contributed by atoms with E-state index in [1.807, 2.05) is 0 Å². The van der Waals surface area contributed by atoms with Crippen LogP contribution >= 0.6 is 11.6 Å². The lowest BCUT2D eigenvalue weighted by molar-refractivity contribution is 0.171. The number of hydrogen-bond donors (Lipinski definition) is 4. The van der Waals surface area contributed by atoms with Crippen LogP contribution in [0.4, 0.5) is 10.5 Å². The molecule has 0 unspecified atom stereocenters. The summed E-state index contributed by atoms with van der Waals surface area (Å²) in [5, 5.41) is 11.7. The molecule has 1 aromatic rings. The average molecular weight is 287 g/mol. The Morgan fingerprint density at radius 3 is 2.95 bits per heavy atom. The van der Waals surface area contributed by atoms with Crippen LogP contribution in [0.25, 0.3) is 0 Å². The molecule has 0 fully saturated rings. The van der Waals surface area contributed by atoms with E-state index in [2.05, 4.69) is 10.6 Å². The van der Waals surface area contributed by atoms with Gasteiger partial charge in [-0.1, -0.05) is 11.6 Å². The summed E-state index contributed by atoms with van der Waals surface area (Å²) in [5.74, 6) is 0.524. The fraction of sp³-hybridized carbons (Fsp3) is 0.200. The maximum Gasteiger partial charge on any atom is 0.326 e. The van der Waals surface area contributed by atoms with Crippen molar-refractivity contribution in [2.75, 3.05) is 19.2 Å². The number of rotatable bonds is 2. The van der Waals surface area contributed by atoms with Crippen LogP contribution in [0.3, 0.4) is 0 Å². The molecule has 0 saturated carbocycles. The number of nitrogens with one attached hydrogen (secondary N) is 3. The highest BCUT2D eigenvalue weighted by Crippen LogP contribution is 2.49. The Morgan fingerprint density at radius 1 is 1.58 bits per heavy atom. The summed E-state index contributed by atoms with van der Waals surface area (Å²) >= 11 is 6.03. The number of methoxy groups -OCH3 is 1. The quantitative estimate of drug-likeness (QED) is 0.479. The van der Waals surface area contributed by atoms with Crippen molar-refractivity contribution in [3.63, 3.8) is 0 Å². The van der Waals surface area contributed by atoms with Gasteiger partial charge in [-0.15, -0.1) is 0 Å². The minimum atomic E-state index is -0.716. The molecule has 2 amide bonds. The summed E-state index contributed by atoms with van der Waals surface area (Å²) in [6, 6.07) is 0.780. The molecule has 8 nitrogen and oxygen atoms in total. The highest BCUT2D eigenvalue weighted by molar-refractivity contribution is 6.34. The molecule has 1 heterocycles. The summed E-state index contributed by atoms with van der Waals surface area (Å²) in [7, 11) is 1.40. The molecule has 0 radical (unpaired) electrons. The van der Waals surface area contributed by atoms with E-state index in [4.69, 9.17) is 37.0 Å². The lowest BCUT2D eigenvalue weighted by Gasteiger charge is -2.14. The van der Waals surface area contributed by atoms with Gasteiger partial charge < -0.3 is 25.3 Å². The maximum atomic E-state index is 11.5. The molecule has 1 aliphatic heterocycles. The number of nitrogens with two attached hydrogens (primary N) is 1. The third kappa shape index (κ3) is 2.58. The van der Waals surface area contributed by atoms with Crippen LogP contribution in [-0.4, -0.2) is 25.9 Å². The van der Waals surface area contributed by atoms with Gasteiger partial charge in [0.05, 0.1) is 12.1 Å². The molecule has 0 saturated heterocycles. The largest absolute Gasteiger partial charge is 0.491 e. The predicted molar refractivity (Wildman–Crippen MR) is 68.2 cm³/mol. The van der Waals surface area contributed by atoms with Crippen molar-refractivity contribution in [3.05, 3.63) is 11.1 Å². The van der Waals surface area contributed by atoms with Crippen molar-refractivity contribution in [3.8, 4) is 17.2 Å². The zero-order valence-electron chi connectivity index (χ0n) is 9.87. The topological polar surface area (TPSA) is 119 Å². The fourth-order valence-corrected chi connectivity index (χ4v) is 1.79. The van der Waals surface area contributed by atoms with E-state index in [1.54, 1.807) is 0 Å². The van der Waals surface area contributed by atoms with Gasteiger partial charge >= 0.3 is 6.03 Å². The van der Waals surface area contributed by atoms with E-state index in [-0.39, 0.29) is 23.3 Å². The molecule has 102 valence electrons. The number of urea groups is 1. The van der Waals surface area contributed by atoms with Crippen LogP contribution in [0.2, 0.25) is 5.02 Å². The van der Waals surface area contributed by atoms with Crippen LogP contribution in [0.5, 0.6) is 17.2 Å². The van der Waals surface area contributed by atoms with Crippen LogP contribution < -0.4 is 30.6 Å². The molecule has 0 aromatic heterocycles. The first-order valence-corrected chi connectivity index (χ1v) is 5.49. The van der Waals surface area contributed by atoms with Crippen molar-refractivity contribution in [2.24, 2.45) is 5.73 Å². The summed E-state index contributed by atoms with van der Waals surface area (Å²) in [5.41, 5.74) is 5.25. The van der Waals surface area contributed by atoms with Crippen LogP contribution in [-0.2, 0) is 0 Å². The average Bonchev–Trinajstić information content (AvgIpc) is 2.76. The number of fused-ring (bicyclic) bond motifs is 1. The zero-order chi connectivity index (χ0) is 14.0. The molecule has 0 bridgehead atoms. The van der Waals surface area contributed by atoms with E-state index in [0.29, 0.717) is 11.5 Å². The molecular weight excluding hydrogens is 276 g/mol. The van der Waals surface area contributed by atoms with Crippen molar-refractivity contribution >= 4 is 29.3 Å². The molecule has 9 heteroatoms. The first-order valence-electron chi connectivity index (χ1n) is 5.11. The number of hydrogen-bond acceptors (Lipinski definition) is 5. The van der Waals surface area contributed by atoms with Gasteiger partial charge in [0.2, 0.25) is 12.5 Å². The Bertz CT molecular complexity index is 549. The molecule has 0 aliphatic carbocycles. The van der Waals surface area contributed by atoms with Gasteiger partial charge in [-0.3, -0.25) is 10.7 Å². The van der Waals surface area contributed by atoms with Gasteiger partial charge in [-0.25, -0.2) is 4.79 Å². The first-order chi connectivity index (χ1) is 9.02. The Labute approximate surface area is 113 Å². The lowest BCUT2D eigenvalue weighted by atomic mass is 10.2. The van der Waals surface area contributed by atoms with E-state index in [0.717, 1.165) is 0 Å². The van der Waals surface area contributed by atoms with Crippen molar-refractivity contribution in [1.29, 1.82) is 5.41 Å². The van der Waals surface area contributed by atoms with Crippen molar-refractivity contribution in [1.82, 2.24) is 5.32 Å². The molecule has 0 spiro atoms. The second-order valence-corrected chi connectivity index (χ2v) is 3.90. The third-order valence-corrected chi connectivity index (χ3v) is 2.56. The number of benzene rings is 1. The number of carbonyl (C=O) groups excluding carboxylic acids is 1. The number of ether oxygens (including phenoxy) is 3. The third-order valence-electron chi connectivity index (χ3n) is 2.26. The number of anilines is 1. The summed E-state index contributed by atoms with van der Waals surface area (Å²) < 4.78 is 15.6. The maximum absolute atomic E-state index is 11.5. The summed E-state index contributed by atoms with van der Waals surface area (Å²) in [6.45, 7) is 0.0467. The van der Waals surface area contributed by atoms with Gasteiger partial charge in [-0.2, -0.15) is 0 Å². The number of carbonyl (C=O) groups is 1. The molecular formula is C10H11ClN4O4. The molecule has 19 heavy (non-hydrogen) atoms. The number of halogens is 1. The van der Waals surface area contributed by atoms with Gasteiger partial charge in [0, 0.05) is 6.07 Å². The van der Waals surface area contributed by atoms with Gasteiger partial charge in [0.25, 0.3) is 0 Å². The van der Waals surface area contributed by atoms with E-state index in [1.165, 1.54) is 13.2 Å².